The maximum atomic E-state index is 13.5. The molecule has 6 heteroatoms. The molecular formula is C14H16BrFN2O2. The van der Waals surface area contributed by atoms with Gasteiger partial charge in [0.1, 0.15) is 5.82 Å². The molecule has 1 fully saturated rings. The standard InChI is InChI=1S/C14H16BrFN2O2/c1-8(19)17-7-13(20)18-14(9-2-3-9)10-4-11(15)6-12(16)5-10/h4-6,9,14H,2-3,7H2,1H3,(H,17,19)(H,18,20)/t14-/m1/s1. The topological polar surface area (TPSA) is 58.2 Å². The third kappa shape index (κ3) is 4.30. The van der Waals surface area contributed by atoms with E-state index in [9.17, 15) is 14.0 Å². The van der Waals surface area contributed by atoms with Gasteiger partial charge < -0.3 is 10.6 Å². The average Bonchev–Trinajstić information content (AvgIpc) is 3.16. The Morgan fingerprint density at radius 1 is 1.40 bits per heavy atom. The summed E-state index contributed by atoms with van der Waals surface area (Å²) in [5.41, 5.74) is 0.746. The second-order valence-corrected chi connectivity index (χ2v) is 5.91. The molecule has 0 aromatic heterocycles. The number of benzene rings is 1. The first-order valence-corrected chi connectivity index (χ1v) is 7.25. The van der Waals surface area contributed by atoms with Crippen LogP contribution in [0, 0.1) is 11.7 Å². The Morgan fingerprint density at radius 2 is 2.10 bits per heavy atom. The SMILES string of the molecule is CC(=O)NCC(=O)N[C@@H](c1cc(F)cc(Br)c1)C1CC1. The highest BCUT2D eigenvalue weighted by atomic mass is 79.9. The van der Waals surface area contributed by atoms with Crippen LogP contribution in [-0.4, -0.2) is 18.4 Å². The zero-order valence-corrected chi connectivity index (χ0v) is 12.7. The number of hydrogen-bond acceptors (Lipinski definition) is 2. The van der Waals surface area contributed by atoms with E-state index in [0.717, 1.165) is 18.4 Å². The molecule has 0 radical (unpaired) electrons. The van der Waals surface area contributed by atoms with Crippen molar-refractivity contribution in [1.29, 1.82) is 0 Å². The minimum Gasteiger partial charge on any atom is -0.347 e. The van der Waals surface area contributed by atoms with Gasteiger partial charge in [0, 0.05) is 11.4 Å². The van der Waals surface area contributed by atoms with Crippen molar-refractivity contribution in [1.82, 2.24) is 10.6 Å². The Morgan fingerprint density at radius 3 is 2.65 bits per heavy atom. The molecule has 1 saturated carbocycles. The van der Waals surface area contributed by atoms with Crippen molar-refractivity contribution in [3.63, 3.8) is 0 Å². The summed E-state index contributed by atoms with van der Waals surface area (Å²) in [4.78, 5) is 22.6. The lowest BCUT2D eigenvalue weighted by Gasteiger charge is -2.19. The maximum absolute atomic E-state index is 13.5. The molecule has 0 saturated heterocycles. The van der Waals surface area contributed by atoms with E-state index in [1.807, 2.05) is 6.07 Å². The first-order chi connectivity index (χ1) is 9.45. The highest BCUT2D eigenvalue weighted by Gasteiger charge is 2.33. The number of carbonyl (C=O) groups is 2. The van der Waals surface area contributed by atoms with E-state index in [1.54, 1.807) is 0 Å². The van der Waals surface area contributed by atoms with Gasteiger partial charge in [-0.2, -0.15) is 0 Å². The summed E-state index contributed by atoms with van der Waals surface area (Å²) >= 11 is 3.26. The van der Waals surface area contributed by atoms with Gasteiger partial charge in [0.15, 0.2) is 0 Å². The number of amides is 2. The fourth-order valence-electron chi connectivity index (χ4n) is 2.09. The van der Waals surface area contributed by atoms with Gasteiger partial charge in [-0.1, -0.05) is 15.9 Å². The molecular weight excluding hydrogens is 327 g/mol. The van der Waals surface area contributed by atoms with E-state index in [0.29, 0.717) is 10.4 Å². The third-order valence-electron chi connectivity index (χ3n) is 3.15. The molecule has 2 rings (SSSR count). The van der Waals surface area contributed by atoms with Crippen molar-refractivity contribution < 1.29 is 14.0 Å². The van der Waals surface area contributed by atoms with Gasteiger partial charge in [-0.25, -0.2) is 4.39 Å². The Balaban J connectivity index is 2.07. The zero-order valence-electron chi connectivity index (χ0n) is 11.1. The van der Waals surface area contributed by atoms with E-state index < -0.39 is 0 Å². The Bertz CT molecular complexity index is 512. The monoisotopic (exact) mass is 342 g/mol. The quantitative estimate of drug-likeness (QED) is 0.862. The molecule has 0 aliphatic heterocycles. The second-order valence-electron chi connectivity index (χ2n) is 5.00. The van der Waals surface area contributed by atoms with Crippen LogP contribution in [0.5, 0.6) is 0 Å². The first-order valence-electron chi connectivity index (χ1n) is 6.45. The van der Waals surface area contributed by atoms with Crippen molar-refractivity contribution in [2.75, 3.05) is 6.54 Å². The van der Waals surface area contributed by atoms with Crippen LogP contribution in [0.1, 0.15) is 31.4 Å². The lowest BCUT2D eigenvalue weighted by Crippen LogP contribution is -2.38. The summed E-state index contributed by atoms with van der Waals surface area (Å²) < 4.78 is 14.1. The molecule has 4 nitrogen and oxygen atoms in total. The van der Waals surface area contributed by atoms with Crippen molar-refractivity contribution in [2.24, 2.45) is 5.92 Å². The van der Waals surface area contributed by atoms with Crippen LogP contribution < -0.4 is 10.6 Å². The van der Waals surface area contributed by atoms with Crippen molar-refractivity contribution >= 4 is 27.7 Å². The van der Waals surface area contributed by atoms with Crippen LogP contribution in [0.3, 0.4) is 0 Å². The molecule has 1 aromatic carbocycles. The van der Waals surface area contributed by atoms with Gasteiger partial charge >= 0.3 is 0 Å². The molecule has 20 heavy (non-hydrogen) atoms. The molecule has 108 valence electrons. The minimum atomic E-state index is -0.337. The number of halogens is 2. The number of rotatable bonds is 5. The van der Waals surface area contributed by atoms with E-state index in [4.69, 9.17) is 0 Å². The summed E-state index contributed by atoms with van der Waals surface area (Å²) in [6, 6.07) is 4.42. The minimum absolute atomic E-state index is 0.0605. The Kier molecular flexibility index (Phi) is 4.75. The lowest BCUT2D eigenvalue weighted by molar-refractivity contribution is -0.125. The fraction of sp³-hybridized carbons (Fsp3) is 0.429. The van der Waals surface area contributed by atoms with Crippen LogP contribution in [0.4, 0.5) is 4.39 Å². The van der Waals surface area contributed by atoms with Gasteiger partial charge in [-0.3, -0.25) is 9.59 Å². The Hall–Kier alpha value is -1.43. The first kappa shape index (κ1) is 15.0. The summed E-state index contributed by atoms with van der Waals surface area (Å²) in [7, 11) is 0. The molecule has 0 spiro atoms. The normalized spacial score (nSPS) is 15.6. The van der Waals surface area contributed by atoms with E-state index >= 15 is 0 Å². The molecule has 0 bridgehead atoms. The fourth-order valence-corrected chi connectivity index (χ4v) is 2.57. The predicted molar refractivity (Wildman–Crippen MR) is 76.4 cm³/mol. The molecule has 1 aromatic rings. The summed E-state index contributed by atoms with van der Waals surface area (Å²) in [6.07, 6.45) is 2.03. The summed E-state index contributed by atoms with van der Waals surface area (Å²) in [6.45, 7) is 1.30. The van der Waals surface area contributed by atoms with Crippen LogP contribution in [0.2, 0.25) is 0 Å². The molecule has 1 aliphatic rings. The van der Waals surface area contributed by atoms with Gasteiger partial charge in [0.25, 0.3) is 0 Å². The maximum Gasteiger partial charge on any atom is 0.239 e. The van der Waals surface area contributed by atoms with Gasteiger partial charge in [-0.15, -0.1) is 0 Å². The van der Waals surface area contributed by atoms with Crippen molar-refractivity contribution in [3.05, 3.63) is 34.1 Å². The van der Waals surface area contributed by atoms with E-state index in [1.165, 1.54) is 19.1 Å². The van der Waals surface area contributed by atoms with Gasteiger partial charge in [0.2, 0.25) is 11.8 Å². The number of hydrogen-bond donors (Lipinski definition) is 2. The van der Waals surface area contributed by atoms with Crippen LogP contribution in [0.15, 0.2) is 22.7 Å². The van der Waals surface area contributed by atoms with Crippen LogP contribution in [0.25, 0.3) is 0 Å². The van der Waals surface area contributed by atoms with Crippen LogP contribution >= 0.6 is 15.9 Å². The number of nitrogens with one attached hydrogen (secondary N) is 2. The molecule has 1 atom stereocenters. The third-order valence-corrected chi connectivity index (χ3v) is 3.61. The Labute approximate surface area is 125 Å². The highest BCUT2D eigenvalue weighted by Crippen LogP contribution is 2.41. The van der Waals surface area contributed by atoms with Gasteiger partial charge in [-0.05, 0) is 42.5 Å². The molecule has 2 amide bonds. The molecule has 1 aliphatic carbocycles. The smallest absolute Gasteiger partial charge is 0.239 e. The molecule has 0 heterocycles. The summed E-state index contributed by atoms with van der Waals surface area (Å²) in [5, 5.41) is 5.31. The van der Waals surface area contributed by atoms with E-state index in [2.05, 4.69) is 26.6 Å². The highest BCUT2D eigenvalue weighted by molar-refractivity contribution is 9.10. The largest absolute Gasteiger partial charge is 0.347 e. The molecule has 2 N–H and O–H groups in total. The number of carbonyl (C=O) groups excluding carboxylic acids is 2. The van der Waals surface area contributed by atoms with E-state index in [-0.39, 0.29) is 30.2 Å². The lowest BCUT2D eigenvalue weighted by atomic mass is 10.0. The second kappa shape index (κ2) is 6.35. The zero-order chi connectivity index (χ0) is 14.7. The summed E-state index contributed by atoms with van der Waals surface area (Å²) in [5.74, 6) is -0.518. The van der Waals surface area contributed by atoms with Crippen LogP contribution in [-0.2, 0) is 9.59 Å². The predicted octanol–water partition coefficient (Wildman–Crippen LogP) is 2.29. The average molecular weight is 343 g/mol. The van der Waals surface area contributed by atoms with Gasteiger partial charge in [0.05, 0.1) is 12.6 Å². The molecule has 0 unspecified atom stereocenters. The van der Waals surface area contributed by atoms with Crippen molar-refractivity contribution in [3.8, 4) is 0 Å². The van der Waals surface area contributed by atoms with Crippen molar-refractivity contribution in [2.45, 2.75) is 25.8 Å².